The Labute approximate surface area is 103 Å². The number of oxime groups is 1. The maximum atomic E-state index is 13.1. The van der Waals surface area contributed by atoms with E-state index in [4.69, 9.17) is 10.9 Å². The summed E-state index contributed by atoms with van der Waals surface area (Å²) in [5.41, 5.74) is 5.54. The number of halogens is 1. The minimum atomic E-state index is -0.906. The number of hydrogen-bond donors (Lipinski definition) is 3. The summed E-state index contributed by atoms with van der Waals surface area (Å²) in [4.78, 5) is 12.0. The molecule has 0 spiro atoms. The summed E-state index contributed by atoms with van der Waals surface area (Å²) in [5.74, 6) is -0.742. The molecule has 18 heavy (non-hydrogen) atoms. The molecule has 1 aromatic carbocycles. The number of rotatable bonds is 3. The first-order valence-electron chi connectivity index (χ1n) is 5.55. The Morgan fingerprint density at radius 3 is 2.72 bits per heavy atom. The topological polar surface area (TPSA) is 87.7 Å². The maximum absolute atomic E-state index is 13.1. The first-order chi connectivity index (χ1) is 8.49. The molecule has 96 valence electrons. The van der Waals surface area contributed by atoms with Crippen molar-refractivity contribution in [1.29, 1.82) is 0 Å². The molecule has 0 aromatic heterocycles. The number of anilines is 1. The predicted octanol–water partition coefficient (Wildman–Crippen LogP) is 1.60. The Morgan fingerprint density at radius 1 is 1.56 bits per heavy atom. The highest BCUT2D eigenvalue weighted by Gasteiger charge is 2.54. The van der Waals surface area contributed by atoms with Crippen molar-refractivity contribution in [2.75, 3.05) is 5.32 Å². The molecule has 1 aromatic rings. The number of nitrogens with two attached hydrogens (primary N) is 1. The van der Waals surface area contributed by atoms with Crippen LogP contribution >= 0.6 is 0 Å². The van der Waals surface area contributed by atoms with Crippen molar-refractivity contribution in [3.05, 3.63) is 29.6 Å². The summed E-state index contributed by atoms with van der Waals surface area (Å²) in [5, 5.41) is 14.2. The Hall–Kier alpha value is -2.11. The Morgan fingerprint density at radius 2 is 2.22 bits per heavy atom. The quantitative estimate of drug-likeness (QED) is 0.330. The molecule has 4 N–H and O–H groups in total. The first-order valence-corrected chi connectivity index (χ1v) is 5.55. The van der Waals surface area contributed by atoms with Crippen molar-refractivity contribution in [3.8, 4) is 0 Å². The van der Waals surface area contributed by atoms with Crippen molar-refractivity contribution >= 4 is 17.4 Å². The van der Waals surface area contributed by atoms with Gasteiger partial charge in [-0.1, -0.05) is 5.16 Å². The SMILES string of the molecule is Cc1cc(NC(=O)C2(/C(N)=N/O)CC2)ccc1F. The van der Waals surface area contributed by atoms with E-state index in [0.29, 0.717) is 24.1 Å². The number of amidine groups is 1. The van der Waals surface area contributed by atoms with Crippen LogP contribution in [0.3, 0.4) is 0 Å². The largest absolute Gasteiger partial charge is 0.409 e. The van der Waals surface area contributed by atoms with Crippen molar-refractivity contribution in [1.82, 2.24) is 0 Å². The molecule has 1 saturated carbocycles. The Balaban J connectivity index is 2.15. The lowest BCUT2D eigenvalue weighted by Gasteiger charge is -2.14. The second-order valence-electron chi connectivity index (χ2n) is 4.49. The molecule has 6 heteroatoms. The van der Waals surface area contributed by atoms with E-state index in [1.807, 2.05) is 0 Å². The number of nitrogens with one attached hydrogen (secondary N) is 1. The fourth-order valence-corrected chi connectivity index (χ4v) is 1.79. The lowest BCUT2D eigenvalue weighted by Crippen LogP contribution is -2.36. The first kappa shape index (κ1) is 12.3. The third-order valence-corrected chi connectivity index (χ3v) is 3.20. The Bertz CT molecular complexity index is 524. The van der Waals surface area contributed by atoms with Crippen molar-refractivity contribution in [3.63, 3.8) is 0 Å². The van der Waals surface area contributed by atoms with Gasteiger partial charge in [0.1, 0.15) is 11.2 Å². The van der Waals surface area contributed by atoms with Gasteiger partial charge in [0.15, 0.2) is 5.84 Å². The maximum Gasteiger partial charge on any atom is 0.238 e. The van der Waals surface area contributed by atoms with Gasteiger partial charge in [0.25, 0.3) is 0 Å². The van der Waals surface area contributed by atoms with Crippen LogP contribution in [0.25, 0.3) is 0 Å². The molecule has 1 aliphatic rings. The van der Waals surface area contributed by atoms with E-state index >= 15 is 0 Å². The van der Waals surface area contributed by atoms with Gasteiger partial charge in [-0.2, -0.15) is 0 Å². The summed E-state index contributed by atoms with van der Waals surface area (Å²) < 4.78 is 13.1. The van der Waals surface area contributed by atoms with Crippen LogP contribution in [0.4, 0.5) is 10.1 Å². The van der Waals surface area contributed by atoms with Gasteiger partial charge in [0.2, 0.25) is 5.91 Å². The number of amides is 1. The van der Waals surface area contributed by atoms with Gasteiger partial charge in [0, 0.05) is 5.69 Å². The third kappa shape index (κ3) is 2.01. The van der Waals surface area contributed by atoms with Crippen LogP contribution in [-0.2, 0) is 4.79 Å². The smallest absolute Gasteiger partial charge is 0.238 e. The van der Waals surface area contributed by atoms with Crippen LogP contribution in [0.2, 0.25) is 0 Å². The van der Waals surface area contributed by atoms with Crippen molar-refractivity contribution in [2.45, 2.75) is 19.8 Å². The van der Waals surface area contributed by atoms with E-state index in [0.717, 1.165) is 0 Å². The third-order valence-electron chi connectivity index (χ3n) is 3.20. The van der Waals surface area contributed by atoms with Crippen LogP contribution in [0.1, 0.15) is 18.4 Å². The molecule has 1 fully saturated rings. The van der Waals surface area contributed by atoms with Gasteiger partial charge in [-0.05, 0) is 43.5 Å². The number of carbonyl (C=O) groups excluding carboxylic acids is 1. The van der Waals surface area contributed by atoms with Gasteiger partial charge >= 0.3 is 0 Å². The molecule has 0 saturated heterocycles. The van der Waals surface area contributed by atoms with Gasteiger partial charge in [-0.25, -0.2) is 4.39 Å². The molecule has 0 heterocycles. The number of carbonyl (C=O) groups is 1. The summed E-state index contributed by atoms with van der Waals surface area (Å²) in [6.45, 7) is 1.61. The highest BCUT2D eigenvalue weighted by atomic mass is 19.1. The van der Waals surface area contributed by atoms with E-state index in [-0.39, 0.29) is 17.6 Å². The zero-order valence-electron chi connectivity index (χ0n) is 9.90. The minimum Gasteiger partial charge on any atom is -0.409 e. The van der Waals surface area contributed by atoms with E-state index in [1.165, 1.54) is 18.2 Å². The highest BCUT2D eigenvalue weighted by Crippen LogP contribution is 2.46. The molecule has 1 amide bonds. The summed E-state index contributed by atoms with van der Waals surface area (Å²) >= 11 is 0. The van der Waals surface area contributed by atoms with Crippen LogP contribution in [0.15, 0.2) is 23.4 Å². The van der Waals surface area contributed by atoms with Crippen molar-refractivity contribution < 1.29 is 14.4 Å². The second-order valence-corrected chi connectivity index (χ2v) is 4.49. The zero-order chi connectivity index (χ0) is 13.3. The number of hydrogen-bond acceptors (Lipinski definition) is 3. The number of nitrogens with zero attached hydrogens (tertiary/aromatic N) is 1. The molecule has 2 rings (SSSR count). The normalized spacial score (nSPS) is 17.3. The molecule has 0 radical (unpaired) electrons. The van der Waals surface area contributed by atoms with Gasteiger partial charge in [-0.15, -0.1) is 0 Å². The predicted molar refractivity (Wildman–Crippen MR) is 64.8 cm³/mol. The fourth-order valence-electron chi connectivity index (χ4n) is 1.79. The van der Waals surface area contributed by atoms with E-state index < -0.39 is 5.41 Å². The second kappa shape index (κ2) is 4.29. The van der Waals surface area contributed by atoms with E-state index in [9.17, 15) is 9.18 Å². The van der Waals surface area contributed by atoms with E-state index in [1.54, 1.807) is 6.92 Å². The van der Waals surface area contributed by atoms with Crippen LogP contribution in [0.5, 0.6) is 0 Å². The zero-order valence-corrected chi connectivity index (χ0v) is 9.90. The average molecular weight is 251 g/mol. The van der Waals surface area contributed by atoms with E-state index in [2.05, 4.69) is 10.5 Å². The Kier molecular flexibility index (Phi) is 2.94. The molecule has 5 nitrogen and oxygen atoms in total. The molecular formula is C12H14FN3O2. The molecule has 1 aliphatic carbocycles. The van der Waals surface area contributed by atoms with Crippen LogP contribution < -0.4 is 11.1 Å². The number of benzene rings is 1. The van der Waals surface area contributed by atoms with Crippen molar-refractivity contribution in [2.24, 2.45) is 16.3 Å². The summed E-state index contributed by atoms with van der Waals surface area (Å²) in [6, 6.07) is 4.30. The molecule has 0 bridgehead atoms. The number of aryl methyl sites for hydroxylation is 1. The molecule has 0 atom stereocenters. The standard InChI is InChI=1S/C12H14FN3O2/c1-7-6-8(2-3-9(7)13)15-11(17)12(4-5-12)10(14)16-18/h2-3,6,18H,4-5H2,1H3,(H2,14,16)(H,15,17). The molecular weight excluding hydrogens is 237 g/mol. The molecule has 0 aliphatic heterocycles. The van der Waals surface area contributed by atoms with Gasteiger partial charge in [-0.3, -0.25) is 4.79 Å². The highest BCUT2D eigenvalue weighted by molar-refractivity contribution is 6.14. The van der Waals surface area contributed by atoms with Crippen LogP contribution in [-0.4, -0.2) is 17.0 Å². The lowest BCUT2D eigenvalue weighted by molar-refractivity contribution is -0.119. The summed E-state index contributed by atoms with van der Waals surface area (Å²) in [6.07, 6.45) is 1.10. The monoisotopic (exact) mass is 251 g/mol. The lowest BCUT2D eigenvalue weighted by atomic mass is 10.0. The minimum absolute atomic E-state index is 0.0844. The average Bonchev–Trinajstić information content (AvgIpc) is 3.14. The van der Waals surface area contributed by atoms with Gasteiger partial charge < -0.3 is 16.3 Å². The van der Waals surface area contributed by atoms with Crippen LogP contribution in [0, 0.1) is 18.2 Å². The fraction of sp³-hybridized carbons (Fsp3) is 0.333. The summed E-state index contributed by atoms with van der Waals surface area (Å²) in [7, 11) is 0. The molecule has 0 unspecified atom stereocenters. The van der Waals surface area contributed by atoms with Gasteiger partial charge in [0.05, 0.1) is 0 Å².